The van der Waals surface area contributed by atoms with Crippen molar-refractivity contribution in [1.82, 2.24) is 15.4 Å². The second-order valence-electron chi connectivity index (χ2n) is 4.33. The Morgan fingerprint density at radius 2 is 1.73 bits per heavy atom. The first-order chi connectivity index (χ1) is 10.3. The van der Waals surface area contributed by atoms with Crippen LogP contribution in [0, 0.1) is 0 Å². The molecule has 0 aliphatic rings. The maximum absolute atomic E-state index is 12.0. The van der Waals surface area contributed by atoms with E-state index < -0.39 is 15.9 Å². The van der Waals surface area contributed by atoms with Gasteiger partial charge in [-0.2, -0.15) is 0 Å². The van der Waals surface area contributed by atoms with Crippen molar-refractivity contribution >= 4 is 37.8 Å². The van der Waals surface area contributed by atoms with Gasteiger partial charge in [0.05, 0.1) is 11.4 Å². The van der Waals surface area contributed by atoms with Crippen molar-refractivity contribution in [3.63, 3.8) is 0 Å². The summed E-state index contributed by atoms with van der Waals surface area (Å²) in [5.41, 5.74) is 0. The fraction of sp³-hybridized carbons (Fsp3) is 0.385. The number of nitrogens with one attached hydrogen (secondary N) is 3. The predicted molar refractivity (Wildman–Crippen MR) is 85.6 cm³/mol. The number of sulfonamides is 1. The van der Waals surface area contributed by atoms with Crippen molar-refractivity contribution in [2.75, 3.05) is 19.6 Å². The van der Waals surface area contributed by atoms with Crippen molar-refractivity contribution in [3.05, 3.63) is 28.7 Å². The van der Waals surface area contributed by atoms with Crippen LogP contribution >= 0.6 is 15.9 Å². The minimum atomic E-state index is -3.64. The Morgan fingerprint density at radius 3 is 2.32 bits per heavy atom. The van der Waals surface area contributed by atoms with Gasteiger partial charge in [0, 0.05) is 24.0 Å². The van der Waals surface area contributed by atoms with Gasteiger partial charge in [0.1, 0.15) is 0 Å². The molecule has 0 radical (unpaired) electrons. The zero-order chi connectivity index (χ0) is 16.6. The lowest BCUT2D eigenvalue weighted by atomic mass is 10.4. The van der Waals surface area contributed by atoms with Gasteiger partial charge in [-0.15, -0.1) is 0 Å². The zero-order valence-corrected chi connectivity index (χ0v) is 14.5. The average molecular weight is 392 g/mol. The highest BCUT2D eigenvalue weighted by Gasteiger charge is 2.14. The van der Waals surface area contributed by atoms with Crippen molar-refractivity contribution in [2.24, 2.45) is 0 Å². The van der Waals surface area contributed by atoms with E-state index in [9.17, 15) is 18.0 Å². The van der Waals surface area contributed by atoms with Crippen LogP contribution in [0.4, 0.5) is 0 Å². The first-order valence-electron chi connectivity index (χ1n) is 6.64. The molecular weight excluding hydrogens is 374 g/mol. The fourth-order valence-corrected chi connectivity index (χ4v) is 2.82. The molecule has 0 fully saturated rings. The molecule has 0 saturated heterocycles. The Bertz CT molecular complexity index is 617. The lowest BCUT2D eigenvalue weighted by Gasteiger charge is -2.08. The predicted octanol–water partition coefficient (Wildman–Crippen LogP) is 0.370. The van der Waals surface area contributed by atoms with Crippen molar-refractivity contribution in [3.8, 4) is 0 Å². The van der Waals surface area contributed by atoms with Crippen LogP contribution in [0.2, 0.25) is 0 Å². The highest BCUT2D eigenvalue weighted by molar-refractivity contribution is 9.10. The minimum absolute atomic E-state index is 0.0420. The Kier molecular flexibility index (Phi) is 7.49. The van der Waals surface area contributed by atoms with Gasteiger partial charge in [-0.1, -0.05) is 15.9 Å². The maximum Gasteiger partial charge on any atom is 0.240 e. The number of halogens is 1. The molecule has 0 unspecified atom stereocenters. The molecule has 0 aliphatic heterocycles. The number of carbonyl (C=O) groups excluding carboxylic acids is 2. The van der Waals surface area contributed by atoms with Crippen LogP contribution in [0.5, 0.6) is 0 Å². The summed E-state index contributed by atoms with van der Waals surface area (Å²) in [6, 6.07) is 6.16. The molecule has 7 nitrogen and oxygen atoms in total. The molecule has 1 aromatic carbocycles. The van der Waals surface area contributed by atoms with E-state index >= 15 is 0 Å². The second-order valence-corrected chi connectivity index (χ2v) is 7.01. The number of benzene rings is 1. The molecule has 0 aromatic heterocycles. The zero-order valence-electron chi connectivity index (χ0n) is 12.1. The Labute approximate surface area is 138 Å². The molecule has 0 aliphatic carbocycles. The molecule has 0 heterocycles. The lowest BCUT2D eigenvalue weighted by molar-refractivity contribution is -0.125. The van der Waals surface area contributed by atoms with Crippen LogP contribution < -0.4 is 15.4 Å². The van der Waals surface area contributed by atoms with Crippen LogP contribution in [-0.4, -0.2) is 39.9 Å². The molecule has 2 amide bonds. The molecule has 0 saturated carbocycles. The molecule has 1 aromatic rings. The molecular formula is C13H18BrN3O4S. The van der Waals surface area contributed by atoms with Crippen LogP contribution in [0.25, 0.3) is 0 Å². The summed E-state index contributed by atoms with van der Waals surface area (Å²) in [5, 5.41) is 4.95. The van der Waals surface area contributed by atoms with Crippen molar-refractivity contribution < 1.29 is 18.0 Å². The average Bonchev–Trinajstić information content (AvgIpc) is 2.46. The smallest absolute Gasteiger partial charge is 0.240 e. The number of likely N-dealkylation sites (N-methyl/N-ethyl adjacent to an activating group) is 1. The van der Waals surface area contributed by atoms with Gasteiger partial charge in [0.15, 0.2) is 0 Å². The van der Waals surface area contributed by atoms with Crippen LogP contribution in [0.1, 0.15) is 13.3 Å². The highest BCUT2D eigenvalue weighted by Crippen LogP contribution is 2.14. The third-order valence-electron chi connectivity index (χ3n) is 2.59. The van der Waals surface area contributed by atoms with Crippen LogP contribution in [0.15, 0.2) is 33.6 Å². The number of hydrogen-bond acceptors (Lipinski definition) is 4. The molecule has 9 heteroatoms. The topological polar surface area (TPSA) is 104 Å². The molecule has 22 heavy (non-hydrogen) atoms. The Balaban J connectivity index is 2.38. The third kappa shape index (κ3) is 6.54. The molecule has 0 atom stereocenters. The lowest BCUT2D eigenvalue weighted by Crippen LogP contribution is -2.38. The van der Waals surface area contributed by atoms with E-state index in [1.165, 1.54) is 12.1 Å². The third-order valence-corrected chi connectivity index (χ3v) is 4.59. The van der Waals surface area contributed by atoms with E-state index in [0.29, 0.717) is 6.54 Å². The van der Waals surface area contributed by atoms with E-state index in [4.69, 9.17) is 0 Å². The minimum Gasteiger partial charge on any atom is -0.355 e. The van der Waals surface area contributed by atoms with E-state index in [0.717, 1.165) is 4.47 Å². The molecule has 0 spiro atoms. The van der Waals surface area contributed by atoms with Gasteiger partial charge in [-0.05, 0) is 31.2 Å². The monoisotopic (exact) mass is 391 g/mol. The van der Waals surface area contributed by atoms with Gasteiger partial charge in [-0.25, -0.2) is 13.1 Å². The normalized spacial score (nSPS) is 11.0. The van der Waals surface area contributed by atoms with Gasteiger partial charge in [0.25, 0.3) is 0 Å². The van der Waals surface area contributed by atoms with E-state index in [1.54, 1.807) is 19.1 Å². The number of hydrogen-bond donors (Lipinski definition) is 3. The first kappa shape index (κ1) is 18.6. The van der Waals surface area contributed by atoms with Gasteiger partial charge in [-0.3, -0.25) is 9.59 Å². The molecule has 0 bridgehead atoms. The Hall–Kier alpha value is -1.45. The SMILES string of the molecule is CCNC(=O)CNC(=O)CCNS(=O)(=O)c1ccc(Br)cc1. The molecule has 1 rings (SSSR count). The summed E-state index contributed by atoms with van der Waals surface area (Å²) < 4.78 is 27.0. The maximum atomic E-state index is 12.0. The van der Waals surface area contributed by atoms with E-state index in [2.05, 4.69) is 31.3 Å². The van der Waals surface area contributed by atoms with Crippen LogP contribution in [-0.2, 0) is 19.6 Å². The summed E-state index contributed by atoms with van der Waals surface area (Å²) in [5.74, 6) is -0.684. The highest BCUT2D eigenvalue weighted by atomic mass is 79.9. The quantitative estimate of drug-likeness (QED) is 0.595. The van der Waals surface area contributed by atoms with Gasteiger partial charge >= 0.3 is 0 Å². The van der Waals surface area contributed by atoms with Gasteiger partial charge in [0.2, 0.25) is 21.8 Å². The first-order valence-corrected chi connectivity index (χ1v) is 8.91. The number of carbonyl (C=O) groups is 2. The fourth-order valence-electron chi connectivity index (χ4n) is 1.52. The van der Waals surface area contributed by atoms with Crippen LogP contribution in [0.3, 0.4) is 0 Å². The summed E-state index contributed by atoms with van der Waals surface area (Å²) in [7, 11) is -3.64. The molecule has 122 valence electrons. The largest absolute Gasteiger partial charge is 0.355 e. The summed E-state index contributed by atoms with van der Waals surface area (Å²) >= 11 is 3.22. The van der Waals surface area contributed by atoms with Crippen molar-refractivity contribution in [1.29, 1.82) is 0 Å². The van der Waals surface area contributed by atoms with E-state index in [-0.39, 0.29) is 30.3 Å². The molecule has 3 N–H and O–H groups in total. The van der Waals surface area contributed by atoms with Gasteiger partial charge < -0.3 is 10.6 Å². The Morgan fingerprint density at radius 1 is 1.09 bits per heavy atom. The summed E-state index contributed by atoms with van der Waals surface area (Å²) in [6.45, 7) is 2.10. The summed E-state index contributed by atoms with van der Waals surface area (Å²) in [6.07, 6.45) is -0.0465. The summed E-state index contributed by atoms with van der Waals surface area (Å²) in [4.78, 5) is 22.8. The second kappa shape index (κ2) is 8.86. The standard InChI is InChI=1S/C13H18BrN3O4S/c1-2-15-13(19)9-16-12(18)7-8-17-22(20,21)11-5-3-10(14)4-6-11/h3-6,17H,2,7-9H2,1H3,(H,15,19)(H,16,18). The number of rotatable bonds is 8. The van der Waals surface area contributed by atoms with E-state index in [1.807, 2.05) is 0 Å². The van der Waals surface area contributed by atoms with Crippen molar-refractivity contribution in [2.45, 2.75) is 18.2 Å². The number of amides is 2.